The summed E-state index contributed by atoms with van der Waals surface area (Å²) in [6.07, 6.45) is 3.45. The summed E-state index contributed by atoms with van der Waals surface area (Å²) in [6.45, 7) is 0. The average molecular weight is 297 g/mol. The zero-order chi connectivity index (χ0) is 13.8. The van der Waals surface area contributed by atoms with Gasteiger partial charge in [-0.3, -0.25) is 4.98 Å². The van der Waals surface area contributed by atoms with Gasteiger partial charge in [-0.2, -0.15) is 0 Å². The van der Waals surface area contributed by atoms with E-state index >= 15 is 0 Å². The standard InChI is InChI=1S/C14H14Cl2N2O/c1-17-14(9-5-11(19-2)8-18-7-9)12-4-3-10(15)6-13(12)16/h3-8,14,17H,1-2H3. The first-order chi connectivity index (χ1) is 9.15. The van der Waals surface area contributed by atoms with Crippen LogP contribution in [0.15, 0.2) is 36.7 Å². The topological polar surface area (TPSA) is 34.2 Å². The Bertz CT molecular complexity index is 575. The number of nitrogens with zero attached hydrogens (tertiary/aromatic N) is 1. The number of ether oxygens (including phenoxy) is 1. The minimum atomic E-state index is -0.0626. The summed E-state index contributed by atoms with van der Waals surface area (Å²) in [4.78, 5) is 4.16. The van der Waals surface area contributed by atoms with E-state index in [1.165, 1.54) is 0 Å². The molecule has 0 spiro atoms. The van der Waals surface area contributed by atoms with Gasteiger partial charge in [-0.15, -0.1) is 0 Å². The molecule has 1 atom stereocenters. The third-order valence-electron chi connectivity index (χ3n) is 2.87. The molecule has 2 aromatic rings. The lowest BCUT2D eigenvalue weighted by Crippen LogP contribution is -2.18. The van der Waals surface area contributed by atoms with E-state index in [0.717, 1.165) is 11.1 Å². The highest BCUT2D eigenvalue weighted by atomic mass is 35.5. The molecular formula is C14H14Cl2N2O. The Hall–Kier alpha value is -1.29. The number of rotatable bonds is 4. The summed E-state index contributed by atoms with van der Waals surface area (Å²) in [5.41, 5.74) is 1.93. The van der Waals surface area contributed by atoms with Crippen LogP contribution in [0.1, 0.15) is 17.2 Å². The number of hydrogen-bond donors (Lipinski definition) is 1. The summed E-state index contributed by atoms with van der Waals surface area (Å²) in [6, 6.07) is 7.33. The van der Waals surface area contributed by atoms with Crippen LogP contribution < -0.4 is 10.1 Å². The molecular weight excluding hydrogens is 283 g/mol. The predicted molar refractivity (Wildman–Crippen MR) is 78.2 cm³/mol. The summed E-state index contributed by atoms with van der Waals surface area (Å²) in [7, 11) is 3.49. The van der Waals surface area contributed by atoms with Gasteiger partial charge in [-0.05, 0) is 36.4 Å². The molecule has 5 heteroatoms. The Morgan fingerprint density at radius 2 is 2.00 bits per heavy atom. The van der Waals surface area contributed by atoms with Crippen LogP contribution in [0.2, 0.25) is 10.0 Å². The maximum atomic E-state index is 6.25. The van der Waals surface area contributed by atoms with E-state index in [9.17, 15) is 0 Å². The first kappa shape index (κ1) is 14.1. The number of hydrogen-bond acceptors (Lipinski definition) is 3. The molecule has 0 saturated heterocycles. The molecule has 0 aliphatic heterocycles. The molecule has 0 bridgehead atoms. The Kier molecular flexibility index (Phi) is 4.64. The summed E-state index contributed by atoms with van der Waals surface area (Å²) < 4.78 is 5.19. The first-order valence-electron chi connectivity index (χ1n) is 5.77. The second kappa shape index (κ2) is 6.24. The van der Waals surface area contributed by atoms with Crippen LogP contribution in [0.5, 0.6) is 5.75 Å². The molecule has 0 radical (unpaired) electrons. The molecule has 1 aromatic heterocycles. The van der Waals surface area contributed by atoms with Gasteiger partial charge in [-0.1, -0.05) is 29.3 Å². The van der Waals surface area contributed by atoms with Crippen molar-refractivity contribution in [1.82, 2.24) is 10.3 Å². The molecule has 2 rings (SSSR count). The van der Waals surface area contributed by atoms with Crippen molar-refractivity contribution in [3.8, 4) is 5.75 Å². The quantitative estimate of drug-likeness (QED) is 0.934. The van der Waals surface area contributed by atoms with Crippen LogP contribution in [0.3, 0.4) is 0 Å². The fraction of sp³-hybridized carbons (Fsp3) is 0.214. The maximum absolute atomic E-state index is 6.25. The highest BCUT2D eigenvalue weighted by Gasteiger charge is 2.16. The van der Waals surface area contributed by atoms with Crippen molar-refractivity contribution in [2.45, 2.75) is 6.04 Å². The number of aromatic nitrogens is 1. The van der Waals surface area contributed by atoms with Gasteiger partial charge in [-0.25, -0.2) is 0 Å². The van der Waals surface area contributed by atoms with Crippen molar-refractivity contribution >= 4 is 23.2 Å². The van der Waals surface area contributed by atoms with Crippen molar-refractivity contribution in [3.05, 3.63) is 57.8 Å². The molecule has 1 unspecified atom stereocenters. The van der Waals surface area contributed by atoms with Crippen LogP contribution in [0.4, 0.5) is 0 Å². The number of nitrogens with one attached hydrogen (secondary N) is 1. The van der Waals surface area contributed by atoms with Crippen LogP contribution in [0, 0.1) is 0 Å². The normalized spacial score (nSPS) is 12.2. The zero-order valence-electron chi connectivity index (χ0n) is 10.7. The van der Waals surface area contributed by atoms with Crippen molar-refractivity contribution in [1.29, 1.82) is 0 Å². The monoisotopic (exact) mass is 296 g/mol. The van der Waals surface area contributed by atoms with E-state index in [1.807, 2.05) is 25.2 Å². The number of benzene rings is 1. The maximum Gasteiger partial charge on any atom is 0.137 e. The molecule has 0 saturated carbocycles. The molecule has 0 aliphatic carbocycles. The Balaban J connectivity index is 2.43. The summed E-state index contributed by atoms with van der Waals surface area (Å²) >= 11 is 12.2. The average Bonchev–Trinajstić information content (AvgIpc) is 2.42. The molecule has 0 fully saturated rings. The molecule has 100 valence electrons. The number of halogens is 2. The van der Waals surface area contributed by atoms with Crippen LogP contribution in [-0.4, -0.2) is 19.1 Å². The molecule has 0 amide bonds. The highest BCUT2D eigenvalue weighted by Crippen LogP contribution is 2.31. The largest absolute Gasteiger partial charge is 0.495 e. The zero-order valence-corrected chi connectivity index (χ0v) is 12.2. The van der Waals surface area contributed by atoms with E-state index in [4.69, 9.17) is 27.9 Å². The predicted octanol–water partition coefficient (Wildman–Crippen LogP) is 3.71. The van der Waals surface area contributed by atoms with Gasteiger partial charge in [0.15, 0.2) is 0 Å². The number of methoxy groups -OCH3 is 1. The number of pyridine rings is 1. The van der Waals surface area contributed by atoms with Gasteiger partial charge in [0, 0.05) is 16.2 Å². The van der Waals surface area contributed by atoms with Crippen LogP contribution >= 0.6 is 23.2 Å². The second-order valence-corrected chi connectivity index (χ2v) is 4.89. The van der Waals surface area contributed by atoms with Gasteiger partial charge < -0.3 is 10.1 Å². The Labute approximate surface area is 122 Å². The van der Waals surface area contributed by atoms with Gasteiger partial charge in [0.2, 0.25) is 0 Å². The highest BCUT2D eigenvalue weighted by molar-refractivity contribution is 6.35. The second-order valence-electron chi connectivity index (χ2n) is 4.05. The van der Waals surface area contributed by atoms with Crippen molar-refractivity contribution < 1.29 is 4.74 Å². The molecule has 0 aliphatic rings. The van der Waals surface area contributed by atoms with Gasteiger partial charge in [0.05, 0.1) is 19.3 Å². The minimum absolute atomic E-state index is 0.0626. The van der Waals surface area contributed by atoms with Crippen molar-refractivity contribution in [2.24, 2.45) is 0 Å². The summed E-state index contributed by atoms with van der Waals surface area (Å²) in [5.74, 6) is 0.711. The molecule has 3 nitrogen and oxygen atoms in total. The molecule has 1 N–H and O–H groups in total. The van der Waals surface area contributed by atoms with Crippen LogP contribution in [-0.2, 0) is 0 Å². The SMILES string of the molecule is CNC(c1cncc(OC)c1)c1ccc(Cl)cc1Cl. The smallest absolute Gasteiger partial charge is 0.137 e. The molecule has 1 aromatic carbocycles. The summed E-state index contributed by atoms with van der Waals surface area (Å²) in [5, 5.41) is 4.46. The van der Waals surface area contributed by atoms with Gasteiger partial charge in [0.25, 0.3) is 0 Å². The Morgan fingerprint density at radius 3 is 2.63 bits per heavy atom. The van der Waals surface area contributed by atoms with E-state index in [2.05, 4.69) is 10.3 Å². The lowest BCUT2D eigenvalue weighted by molar-refractivity contribution is 0.411. The van der Waals surface area contributed by atoms with E-state index in [0.29, 0.717) is 15.8 Å². The van der Waals surface area contributed by atoms with Crippen molar-refractivity contribution in [3.63, 3.8) is 0 Å². The first-order valence-corrected chi connectivity index (χ1v) is 6.52. The third kappa shape index (κ3) is 3.18. The van der Waals surface area contributed by atoms with Gasteiger partial charge in [0.1, 0.15) is 5.75 Å². The lowest BCUT2D eigenvalue weighted by Gasteiger charge is -2.18. The minimum Gasteiger partial charge on any atom is -0.495 e. The fourth-order valence-electron chi connectivity index (χ4n) is 1.94. The van der Waals surface area contributed by atoms with Crippen molar-refractivity contribution in [2.75, 3.05) is 14.2 Å². The van der Waals surface area contributed by atoms with Crippen LogP contribution in [0.25, 0.3) is 0 Å². The fourth-order valence-corrected chi connectivity index (χ4v) is 2.46. The molecule has 19 heavy (non-hydrogen) atoms. The Morgan fingerprint density at radius 1 is 1.21 bits per heavy atom. The molecule has 1 heterocycles. The van der Waals surface area contributed by atoms with Gasteiger partial charge >= 0.3 is 0 Å². The van der Waals surface area contributed by atoms with E-state index in [-0.39, 0.29) is 6.04 Å². The third-order valence-corrected chi connectivity index (χ3v) is 3.43. The van der Waals surface area contributed by atoms with E-state index < -0.39 is 0 Å². The van der Waals surface area contributed by atoms with E-state index in [1.54, 1.807) is 25.6 Å². The lowest BCUT2D eigenvalue weighted by atomic mass is 10.0.